The van der Waals surface area contributed by atoms with E-state index in [2.05, 4.69) is 25.7 Å². The van der Waals surface area contributed by atoms with E-state index in [1.807, 2.05) is 0 Å². The number of nitrogens with zero attached hydrogens (tertiary/aromatic N) is 3. The van der Waals surface area contributed by atoms with Crippen molar-refractivity contribution in [3.8, 4) is 11.5 Å². The summed E-state index contributed by atoms with van der Waals surface area (Å²) in [6.07, 6.45) is 1.56. The lowest BCUT2D eigenvalue weighted by Gasteiger charge is -2.13. The van der Waals surface area contributed by atoms with E-state index in [0.29, 0.717) is 32.8 Å². The van der Waals surface area contributed by atoms with E-state index in [-0.39, 0.29) is 12.4 Å². The first-order chi connectivity index (χ1) is 14.0. The maximum absolute atomic E-state index is 11.2. The van der Waals surface area contributed by atoms with Gasteiger partial charge in [-0.05, 0) is 42.8 Å². The van der Waals surface area contributed by atoms with Crippen molar-refractivity contribution < 1.29 is 9.47 Å². The number of hydrazone groups is 1. The largest absolute Gasteiger partial charge is 0.493 e. The zero-order valence-corrected chi connectivity index (χ0v) is 17.1. The molecule has 0 saturated heterocycles. The molecule has 3 aromatic rings. The third kappa shape index (κ3) is 5.24. The summed E-state index contributed by atoms with van der Waals surface area (Å²) in [5.74, 6) is 1.32. The van der Waals surface area contributed by atoms with Crippen LogP contribution in [0.1, 0.15) is 16.8 Å². The average molecular weight is 434 g/mol. The summed E-state index contributed by atoms with van der Waals surface area (Å²) in [4.78, 5) is 15.0. The fraction of sp³-hybridized carbons (Fsp3) is 0.158. The Morgan fingerprint density at radius 2 is 1.97 bits per heavy atom. The Hall–Kier alpha value is -3.10. The van der Waals surface area contributed by atoms with Crippen LogP contribution < -0.4 is 20.6 Å². The van der Waals surface area contributed by atoms with Crippen molar-refractivity contribution in [2.24, 2.45) is 5.10 Å². The minimum atomic E-state index is -0.560. The second kappa shape index (κ2) is 9.40. The van der Waals surface area contributed by atoms with Gasteiger partial charge in [0.15, 0.2) is 17.3 Å². The van der Waals surface area contributed by atoms with Gasteiger partial charge in [0.05, 0.1) is 13.3 Å². The van der Waals surface area contributed by atoms with E-state index < -0.39 is 5.69 Å². The number of rotatable bonds is 7. The first kappa shape index (κ1) is 20.6. The minimum absolute atomic E-state index is 0.199. The highest BCUT2D eigenvalue weighted by molar-refractivity contribution is 6.35. The normalized spacial score (nSPS) is 10.9. The van der Waals surface area contributed by atoms with Crippen LogP contribution in [0.5, 0.6) is 11.5 Å². The maximum atomic E-state index is 11.2. The Balaban J connectivity index is 1.71. The summed E-state index contributed by atoms with van der Waals surface area (Å²) in [7, 11) is 1.54. The highest BCUT2D eigenvalue weighted by Gasteiger charge is 2.10. The molecule has 0 fully saturated rings. The van der Waals surface area contributed by atoms with Crippen LogP contribution in [0.4, 0.5) is 5.82 Å². The second-order valence-electron chi connectivity index (χ2n) is 5.84. The van der Waals surface area contributed by atoms with Crippen LogP contribution in [-0.4, -0.2) is 28.5 Å². The van der Waals surface area contributed by atoms with Crippen molar-refractivity contribution in [3.05, 3.63) is 73.7 Å². The van der Waals surface area contributed by atoms with Crippen LogP contribution in [0.2, 0.25) is 10.0 Å². The Morgan fingerprint density at radius 1 is 1.21 bits per heavy atom. The standard InChI is InChI=1S/C19H17Cl2N5O3/c1-11-18(23-19(27)26-24-11)25-22-9-12-6-7-16(17(8-12)28-2)29-10-13-14(20)4-3-5-15(13)21/h3-9H,10H2,1-2H3,(H2,23,25,26,27)/b22-9+. The van der Waals surface area contributed by atoms with E-state index in [4.69, 9.17) is 32.7 Å². The fourth-order valence-corrected chi connectivity index (χ4v) is 2.88. The number of aryl methyl sites for hydroxylation is 1. The summed E-state index contributed by atoms with van der Waals surface area (Å²) < 4.78 is 11.2. The second-order valence-corrected chi connectivity index (χ2v) is 6.66. The number of aromatic amines is 1. The highest BCUT2D eigenvalue weighted by atomic mass is 35.5. The number of H-pyrrole nitrogens is 1. The van der Waals surface area contributed by atoms with Gasteiger partial charge in [0.25, 0.3) is 0 Å². The minimum Gasteiger partial charge on any atom is -0.493 e. The van der Waals surface area contributed by atoms with Gasteiger partial charge in [0.1, 0.15) is 12.3 Å². The van der Waals surface area contributed by atoms with Crippen LogP contribution in [0, 0.1) is 6.92 Å². The molecule has 10 heteroatoms. The van der Waals surface area contributed by atoms with Crippen molar-refractivity contribution in [1.82, 2.24) is 15.2 Å². The first-order valence-corrected chi connectivity index (χ1v) is 9.19. The number of ether oxygens (including phenoxy) is 2. The van der Waals surface area contributed by atoms with Gasteiger partial charge in [0, 0.05) is 15.6 Å². The first-order valence-electron chi connectivity index (χ1n) is 8.44. The van der Waals surface area contributed by atoms with Crippen molar-refractivity contribution in [2.75, 3.05) is 12.5 Å². The molecule has 2 aromatic carbocycles. The summed E-state index contributed by atoms with van der Waals surface area (Å²) >= 11 is 12.3. The van der Waals surface area contributed by atoms with Gasteiger partial charge in [-0.3, -0.25) is 5.43 Å². The maximum Gasteiger partial charge on any atom is 0.363 e. The van der Waals surface area contributed by atoms with E-state index in [1.165, 1.54) is 0 Å². The number of nitrogens with one attached hydrogen (secondary N) is 2. The molecule has 1 aromatic heterocycles. The monoisotopic (exact) mass is 433 g/mol. The number of halogens is 2. The quantitative estimate of drug-likeness (QED) is 0.433. The van der Waals surface area contributed by atoms with Crippen LogP contribution in [-0.2, 0) is 6.61 Å². The fourth-order valence-electron chi connectivity index (χ4n) is 2.37. The van der Waals surface area contributed by atoms with Crippen LogP contribution in [0.3, 0.4) is 0 Å². The number of benzene rings is 2. The van der Waals surface area contributed by atoms with Crippen molar-refractivity contribution in [1.29, 1.82) is 0 Å². The van der Waals surface area contributed by atoms with Gasteiger partial charge in [-0.25, -0.2) is 9.89 Å². The molecule has 3 rings (SSSR count). The molecule has 8 nitrogen and oxygen atoms in total. The van der Waals surface area contributed by atoms with Crippen molar-refractivity contribution >= 4 is 35.2 Å². The number of aromatic nitrogens is 3. The third-order valence-electron chi connectivity index (χ3n) is 3.88. The van der Waals surface area contributed by atoms with Crippen LogP contribution in [0.15, 0.2) is 46.3 Å². The molecule has 0 saturated carbocycles. The number of hydrogen-bond acceptors (Lipinski definition) is 7. The van der Waals surface area contributed by atoms with E-state index in [9.17, 15) is 4.79 Å². The number of anilines is 1. The average Bonchev–Trinajstić information content (AvgIpc) is 2.70. The van der Waals surface area contributed by atoms with Gasteiger partial charge in [0.2, 0.25) is 0 Å². The smallest absolute Gasteiger partial charge is 0.363 e. The predicted molar refractivity (Wildman–Crippen MR) is 112 cm³/mol. The molecule has 0 aliphatic rings. The van der Waals surface area contributed by atoms with Crippen molar-refractivity contribution in [2.45, 2.75) is 13.5 Å². The Kier molecular flexibility index (Phi) is 6.69. The van der Waals surface area contributed by atoms with Crippen LogP contribution in [0.25, 0.3) is 0 Å². The molecular weight excluding hydrogens is 417 g/mol. The summed E-state index contributed by atoms with van der Waals surface area (Å²) in [5, 5.41) is 11.2. The van der Waals surface area contributed by atoms with E-state index >= 15 is 0 Å². The predicted octanol–water partition coefficient (Wildman–Crippen LogP) is 3.81. The van der Waals surface area contributed by atoms with Crippen molar-refractivity contribution in [3.63, 3.8) is 0 Å². The summed E-state index contributed by atoms with van der Waals surface area (Å²) in [5.41, 5.74) is 4.08. The Labute approximate surface area is 176 Å². The molecule has 0 amide bonds. The lowest BCUT2D eigenvalue weighted by molar-refractivity contribution is 0.284. The molecule has 0 radical (unpaired) electrons. The molecule has 1 heterocycles. The van der Waals surface area contributed by atoms with E-state index in [0.717, 1.165) is 5.56 Å². The third-order valence-corrected chi connectivity index (χ3v) is 4.59. The van der Waals surface area contributed by atoms with Gasteiger partial charge >= 0.3 is 5.69 Å². The lowest BCUT2D eigenvalue weighted by Crippen LogP contribution is -2.15. The zero-order chi connectivity index (χ0) is 20.8. The molecule has 0 spiro atoms. The molecule has 29 heavy (non-hydrogen) atoms. The zero-order valence-electron chi connectivity index (χ0n) is 15.6. The van der Waals surface area contributed by atoms with Crippen LogP contribution >= 0.6 is 23.2 Å². The van der Waals surface area contributed by atoms with Gasteiger partial charge in [-0.2, -0.15) is 15.2 Å². The Bertz CT molecular complexity index is 1080. The highest BCUT2D eigenvalue weighted by Crippen LogP contribution is 2.31. The molecule has 0 atom stereocenters. The number of hydrogen-bond donors (Lipinski definition) is 2. The molecule has 0 aliphatic carbocycles. The molecule has 0 bridgehead atoms. The van der Waals surface area contributed by atoms with Gasteiger partial charge in [-0.15, -0.1) is 0 Å². The molecule has 2 N–H and O–H groups in total. The molecular formula is C19H17Cl2N5O3. The Morgan fingerprint density at radius 3 is 2.69 bits per heavy atom. The molecule has 0 unspecified atom stereocenters. The molecule has 150 valence electrons. The van der Waals surface area contributed by atoms with Gasteiger partial charge < -0.3 is 9.47 Å². The lowest BCUT2D eigenvalue weighted by atomic mass is 10.2. The topological polar surface area (TPSA) is 101 Å². The summed E-state index contributed by atoms with van der Waals surface area (Å²) in [6, 6.07) is 10.6. The SMILES string of the molecule is COc1cc(/C=N/Nc2nc(=O)[nH]nc2C)ccc1OCc1c(Cl)cccc1Cl. The van der Waals surface area contributed by atoms with E-state index in [1.54, 1.807) is 56.6 Å². The van der Waals surface area contributed by atoms with Gasteiger partial charge in [-0.1, -0.05) is 29.3 Å². The molecule has 0 aliphatic heterocycles. The summed E-state index contributed by atoms with van der Waals surface area (Å²) in [6.45, 7) is 1.89. The number of methoxy groups -OCH3 is 1.